The number of nitrogens with one attached hydrogen (secondary N) is 1. The van der Waals surface area contributed by atoms with Crippen molar-refractivity contribution in [3.63, 3.8) is 0 Å². The second-order valence-corrected chi connectivity index (χ2v) is 3.15. The molecular formula is C10H9NO. The maximum atomic E-state index is 5.42. The van der Waals surface area contributed by atoms with Crippen LogP contribution in [0.4, 0.5) is 0 Å². The highest BCUT2D eigenvalue weighted by atomic mass is 16.5. The van der Waals surface area contributed by atoms with Gasteiger partial charge in [0, 0.05) is 22.7 Å². The Balaban J connectivity index is 2.50. The van der Waals surface area contributed by atoms with Crippen molar-refractivity contribution in [2.24, 2.45) is 0 Å². The van der Waals surface area contributed by atoms with Gasteiger partial charge in [0.25, 0.3) is 0 Å². The minimum atomic E-state index is 0.747. The molecule has 0 bridgehead atoms. The Morgan fingerprint density at radius 2 is 2.08 bits per heavy atom. The van der Waals surface area contributed by atoms with E-state index in [9.17, 15) is 0 Å². The zero-order chi connectivity index (χ0) is 7.97. The molecule has 0 unspecified atom stereocenters. The number of H-pyrrole nitrogens is 1. The summed E-state index contributed by atoms with van der Waals surface area (Å²) in [6, 6.07) is 6.29. The molecule has 0 amide bonds. The summed E-state index contributed by atoms with van der Waals surface area (Å²) in [6.45, 7) is 1.50. The lowest BCUT2D eigenvalue weighted by atomic mass is 10.1. The number of hydrogen-bond donors (Lipinski definition) is 1. The summed E-state index contributed by atoms with van der Waals surface area (Å²) in [5, 5.41) is 1.36. The first-order chi connectivity index (χ1) is 5.95. The molecule has 0 spiro atoms. The molecule has 2 nitrogen and oxygen atoms in total. The third kappa shape index (κ3) is 0.676. The fourth-order valence-electron chi connectivity index (χ4n) is 1.84. The number of hydrogen-bond acceptors (Lipinski definition) is 1. The van der Waals surface area contributed by atoms with Crippen LogP contribution >= 0.6 is 0 Å². The molecule has 1 N–H and O–H groups in total. The highest BCUT2D eigenvalue weighted by Crippen LogP contribution is 2.27. The van der Waals surface area contributed by atoms with E-state index in [-0.39, 0.29) is 0 Å². The van der Waals surface area contributed by atoms with Gasteiger partial charge in [-0.1, -0.05) is 12.1 Å². The van der Waals surface area contributed by atoms with E-state index in [0.29, 0.717) is 0 Å². The molecule has 1 aliphatic heterocycles. The van der Waals surface area contributed by atoms with Gasteiger partial charge in [0.2, 0.25) is 0 Å². The van der Waals surface area contributed by atoms with Gasteiger partial charge in [-0.05, 0) is 11.6 Å². The second kappa shape index (κ2) is 2.11. The van der Waals surface area contributed by atoms with Crippen molar-refractivity contribution in [1.82, 2.24) is 4.98 Å². The maximum Gasteiger partial charge on any atom is 0.0742 e. The third-order valence-corrected chi connectivity index (χ3v) is 2.39. The SMILES string of the molecule is c1cc2c3c(c[nH]c3c1)COC2. The highest BCUT2D eigenvalue weighted by molar-refractivity contribution is 5.86. The molecule has 1 aromatic carbocycles. The molecule has 1 aromatic heterocycles. The van der Waals surface area contributed by atoms with Crippen LogP contribution in [0.25, 0.3) is 10.9 Å². The van der Waals surface area contributed by atoms with Gasteiger partial charge < -0.3 is 9.72 Å². The van der Waals surface area contributed by atoms with E-state index >= 15 is 0 Å². The Kier molecular flexibility index (Phi) is 1.10. The predicted molar refractivity (Wildman–Crippen MR) is 46.8 cm³/mol. The molecule has 60 valence electrons. The van der Waals surface area contributed by atoms with E-state index in [1.807, 2.05) is 6.20 Å². The first-order valence-corrected chi connectivity index (χ1v) is 4.11. The topological polar surface area (TPSA) is 25.0 Å². The zero-order valence-electron chi connectivity index (χ0n) is 6.63. The molecule has 1 aliphatic rings. The molecule has 0 saturated heterocycles. The van der Waals surface area contributed by atoms with Crippen molar-refractivity contribution >= 4 is 10.9 Å². The minimum Gasteiger partial charge on any atom is -0.372 e. The normalized spacial score (nSPS) is 15.3. The van der Waals surface area contributed by atoms with Crippen molar-refractivity contribution in [3.05, 3.63) is 35.5 Å². The fraction of sp³-hybridized carbons (Fsp3) is 0.200. The van der Waals surface area contributed by atoms with Gasteiger partial charge >= 0.3 is 0 Å². The van der Waals surface area contributed by atoms with Crippen LogP contribution in [-0.4, -0.2) is 4.98 Å². The standard InChI is InChI=1S/C10H9NO/c1-2-7-5-12-6-8-4-11-9(3-1)10(7)8/h1-4,11H,5-6H2. The van der Waals surface area contributed by atoms with Crippen molar-refractivity contribution in [2.45, 2.75) is 13.2 Å². The largest absolute Gasteiger partial charge is 0.372 e. The van der Waals surface area contributed by atoms with E-state index in [0.717, 1.165) is 13.2 Å². The fourth-order valence-corrected chi connectivity index (χ4v) is 1.84. The second-order valence-electron chi connectivity index (χ2n) is 3.15. The predicted octanol–water partition coefficient (Wildman–Crippen LogP) is 2.20. The molecule has 0 radical (unpaired) electrons. The molecule has 2 aromatic rings. The molecule has 0 aliphatic carbocycles. The summed E-state index contributed by atoms with van der Waals surface area (Å²) in [5.74, 6) is 0. The van der Waals surface area contributed by atoms with E-state index < -0.39 is 0 Å². The van der Waals surface area contributed by atoms with Crippen LogP contribution in [0.1, 0.15) is 11.1 Å². The average molecular weight is 159 g/mol. The van der Waals surface area contributed by atoms with Crippen molar-refractivity contribution in [1.29, 1.82) is 0 Å². The smallest absolute Gasteiger partial charge is 0.0742 e. The van der Waals surface area contributed by atoms with Gasteiger partial charge in [-0.3, -0.25) is 0 Å². The molecule has 2 heteroatoms. The van der Waals surface area contributed by atoms with Crippen LogP contribution in [0.3, 0.4) is 0 Å². The third-order valence-electron chi connectivity index (χ3n) is 2.39. The molecule has 3 rings (SSSR count). The Bertz CT molecular complexity index is 430. The van der Waals surface area contributed by atoms with Crippen LogP contribution in [0.2, 0.25) is 0 Å². The lowest BCUT2D eigenvalue weighted by Gasteiger charge is -2.12. The number of rotatable bonds is 0. The Labute approximate surface area is 70.2 Å². The summed E-state index contributed by atoms with van der Waals surface area (Å²) in [5.41, 5.74) is 3.81. The minimum absolute atomic E-state index is 0.747. The Hall–Kier alpha value is -1.28. The van der Waals surface area contributed by atoms with Gasteiger partial charge in [-0.2, -0.15) is 0 Å². The number of benzene rings is 1. The summed E-state index contributed by atoms with van der Waals surface area (Å²) in [7, 11) is 0. The monoisotopic (exact) mass is 159 g/mol. The van der Waals surface area contributed by atoms with Crippen LogP contribution in [0.5, 0.6) is 0 Å². The number of aromatic nitrogens is 1. The maximum absolute atomic E-state index is 5.42. The van der Waals surface area contributed by atoms with Crippen LogP contribution in [0.15, 0.2) is 24.4 Å². The molecule has 0 atom stereocenters. The van der Waals surface area contributed by atoms with E-state index in [2.05, 4.69) is 23.2 Å². The molecule has 0 saturated carbocycles. The van der Waals surface area contributed by atoms with E-state index in [1.165, 1.54) is 22.0 Å². The van der Waals surface area contributed by atoms with Crippen molar-refractivity contribution < 1.29 is 4.74 Å². The van der Waals surface area contributed by atoms with Gasteiger partial charge in [0.05, 0.1) is 13.2 Å². The number of aromatic amines is 1. The highest BCUT2D eigenvalue weighted by Gasteiger charge is 2.12. The van der Waals surface area contributed by atoms with E-state index in [1.54, 1.807) is 0 Å². The van der Waals surface area contributed by atoms with Crippen molar-refractivity contribution in [2.75, 3.05) is 0 Å². The first kappa shape index (κ1) is 6.26. The first-order valence-electron chi connectivity index (χ1n) is 4.11. The Morgan fingerprint density at radius 3 is 3.08 bits per heavy atom. The molecule has 12 heavy (non-hydrogen) atoms. The van der Waals surface area contributed by atoms with E-state index in [4.69, 9.17) is 4.74 Å². The van der Waals surface area contributed by atoms with Gasteiger partial charge in [0.15, 0.2) is 0 Å². The van der Waals surface area contributed by atoms with Gasteiger partial charge in [0.1, 0.15) is 0 Å². The summed E-state index contributed by atoms with van der Waals surface area (Å²) >= 11 is 0. The molecular weight excluding hydrogens is 150 g/mol. The van der Waals surface area contributed by atoms with Gasteiger partial charge in [-0.15, -0.1) is 0 Å². The average Bonchev–Trinajstić information content (AvgIpc) is 2.52. The lowest BCUT2D eigenvalue weighted by molar-refractivity contribution is 0.103. The zero-order valence-corrected chi connectivity index (χ0v) is 6.63. The summed E-state index contributed by atoms with van der Waals surface area (Å²) < 4.78 is 5.42. The van der Waals surface area contributed by atoms with Crippen molar-refractivity contribution in [3.8, 4) is 0 Å². The van der Waals surface area contributed by atoms with Crippen LogP contribution in [0, 0.1) is 0 Å². The summed E-state index contributed by atoms with van der Waals surface area (Å²) in [4.78, 5) is 3.24. The van der Waals surface area contributed by atoms with Crippen LogP contribution in [-0.2, 0) is 18.0 Å². The lowest BCUT2D eigenvalue weighted by Crippen LogP contribution is -2.00. The Morgan fingerprint density at radius 1 is 1.17 bits per heavy atom. The van der Waals surface area contributed by atoms with Crippen LogP contribution < -0.4 is 0 Å². The number of ether oxygens (including phenoxy) is 1. The van der Waals surface area contributed by atoms with Gasteiger partial charge in [-0.25, -0.2) is 0 Å². The molecule has 2 heterocycles. The summed E-state index contributed by atoms with van der Waals surface area (Å²) in [6.07, 6.45) is 2.04. The molecule has 0 fully saturated rings. The quantitative estimate of drug-likeness (QED) is 0.626.